The highest BCUT2D eigenvalue weighted by molar-refractivity contribution is 9.10. The number of halogens is 1. The fraction of sp³-hybridized carbons (Fsp3) is 0.556. The predicted molar refractivity (Wildman–Crippen MR) is 56.7 cm³/mol. The molecule has 2 rings (SSSR count). The minimum absolute atomic E-state index is 0.625. The molecule has 1 fully saturated rings. The Hall–Kier alpha value is 0.140. The van der Waals surface area contributed by atoms with Crippen molar-refractivity contribution in [2.75, 3.05) is 6.54 Å². The molecule has 1 atom stereocenters. The predicted octanol–water partition coefficient (Wildman–Crippen LogP) is 3.24. The number of hydrogen-bond acceptors (Lipinski definition) is 2. The lowest BCUT2D eigenvalue weighted by atomic mass is 10.2. The normalized spacial score (nSPS) is 23.3. The van der Waals surface area contributed by atoms with Crippen molar-refractivity contribution in [1.82, 2.24) is 5.32 Å². The first-order valence-corrected chi connectivity index (χ1v) is 5.87. The van der Waals surface area contributed by atoms with Gasteiger partial charge in [-0.25, -0.2) is 0 Å². The SMILES string of the molecule is Cc1sc(C2CCCN2)cc1Br. The van der Waals surface area contributed by atoms with Crippen molar-refractivity contribution >= 4 is 27.3 Å². The molecule has 3 heteroatoms. The molecule has 0 spiro atoms. The van der Waals surface area contributed by atoms with Crippen molar-refractivity contribution < 1.29 is 0 Å². The van der Waals surface area contributed by atoms with Gasteiger partial charge in [0.2, 0.25) is 0 Å². The molecule has 1 unspecified atom stereocenters. The molecular weight excluding hydrogens is 234 g/mol. The van der Waals surface area contributed by atoms with Crippen LogP contribution in [-0.2, 0) is 0 Å². The maximum atomic E-state index is 3.55. The van der Waals surface area contributed by atoms with Crippen LogP contribution in [0, 0.1) is 6.92 Å². The first-order valence-electron chi connectivity index (χ1n) is 4.26. The molecule has 0 radical (unpaired) electrons. The molecule has 1 nitrogen and oxygen atoms in total. The lowest BCUT2D eigenvalue weighted by Gasteiger charge is -2.05. The van der Waals surface area contributed by atoms with Crippen molar-refractivity contribution in [3.05, 3.63) is 20.3 Å². The summed E-state index contributed by atoms with van der Waals surface area (Å²) in [5, 5.41) is 3.50. The van der Waals surface area contributed by atoms with Crippen LogP contribution >= 0.6 is 27.3 Å². The molecule has 0 amide bonds. The summed E-state index contributed by atoms with van der Waals surface area (Å²) >= 11 is 5.45. The molecule has 1 aliphatic heterocycles. The molecule has 0 aromatic carbocycles. The summed E-state index contributed by atoms with van der Waals surface area (Å²) in [6.07, 6.45) is 2.62. The van der Waals surface area contributed by atoms with Crippen LogP contribution in [0.15, 0.2) is 10.5 Å². The third-order valence-corrected chi connectivity index (χ3v) is 4.53. The second-order valence-corrected chi connectivity index (χ2v) is 5.34. The highest BCUT2D eigenvalue weighted by atomic mass is 79.9. The zero-order chi connectivity index (χ0) is 8.55. The molecule has 0 bridgehead atoms. The first-order chi connectivity index (χ1) is 5.77. The van der Waals surface area contributed by atoms with Crippen molar-refractivity contribution in [3.8, 4) is 0 Å². The zero-order valence-electron chi connectivity index (χ0n) is 7.06. The molecule has 1 aliphatic rings. The summed E-state index contributed by atoms with van der Waals surface area (Å²) in [6, 6.07) is 2.88. The Bertz CT molecular complexity index is 257. The molecule has 0 saturated carbocycles. The molecule has 1 aromatic heterocycles. The minimum Gasteiger partial charge on any atom is -0.309 e. The van der Waals surface area contributed by atoms with Crippen LogP contribution < -0.4 is 5.32 Å². The third-order valence-electron chi connectivity index (χ3n) is 2.28. The van der Waals surface area contributed by atoms with E-state index in [2.05, 4.69) is 34.2 Å². The maximum Gasteiger partial charge on any atom is 0.0415 e. The van der Waals surface area contributed by atoms with Crippen LogP contribution in [0.4, 0.5) is 0 Å². The summed E-state index contributed by atoms with van der Waals surface area (Å²) in [6.45, 7) is 3.34. The quantitative estimate of drug-likeness (QED) is 0.802. The molecule has 12 heavy (non-hydrogen) atoms. The fourth-order valence-corrected chi connectivity index (χ4v) is 3.25. The molecule has 66 valence electrons. The van der Waals surface area contributed by atoms with E-state index >= 15 is 0 Å². The number of aryl methyl sites for hydroxylation is 1. The number of hydrogen-bond donors (Lipinski definition) is 1. The van der Waals surface area contributed by atoms with Crippen molar-refractivity contribution in [3.63, 3.8) is 0 Å². The lowest BCUT2D eigenvalue weighted by molar-refractivity contribution is 0.659. The monoisotopic (exact) mass is 245 g/mol. The van der Waals surface area contributed by atoms with Gasteiger partial charge in [-0.3, -0.25) is 0 Å². The highest BCUT2D eigenvalue weighted by Crippen LogP contribution is 2.33. The molecular formula is C9H12BrNS. The largest absolute Gasteiger partial charge is 0.309 e. The highest BCUT2D eigenvalue weighted by Gasteiger charge is 2.18. The van der Waals surface area contributed by atoms with Crippen LogP contribution in [0.25, 0.3) is 0 Å². The van der Waals surface area contributed by atoms with E-state index in [1.807, 2.05) is 11.3 Å². The number of nitrogens with one attached hydrogen (secondary N) is 1. The third kappa shape index (κ3) is 1.58. The van der Waals surface area contributed by atoms with E-state index in [1.165, 1.54) is 33.6 Å². The van der Waals surface area contributed by atoms with E-state index in [9.17, 15) is 0 Å². The molecule has 2 heterocycles. The fourth-order valence-electron chi connectivity index (χ4n) is 1.58. The van der Waals surface area contributed by atoms with E-state index in [1.54, 1.807) is 0 Å². The van der Waals surface area contributed by atoms with Gasteiger partial charge in [-0.15, -0.1) is 11.3 Å². The van der Waals surface area contributed by atoms with E-state index in [-0.39, 0.29) is 0 Å². The molecule has 0 aliphatic carbocycles. The smallest absolute Gasteiger partial charge is 0.0415 e. The van der Waals surface area contributed by atoms with Crippen molar-refractivity contribution in [1.29, 1.82) is 0 Å². The minimum atomic E-state index is 0.625. The Morgan fingerprint density at radius 3 is 3.00 bits per heavy atom. The number of thiophene rings is 1. The van der Waals surface area contributed by atoms with E-state index < -0.39 is 0 Å². The van der Waals surface area contributed by atoms with Crippen LogP contribution in [0.5, 0.6) is 0 Å². The summed E-state index contributed by atoms with van der Waals surface area (Å²) in [5.74, 6) is 0. The average molecular weight is 246 g/mol. The second-order valence-electron chi connectivity index (χ2n) is 3.20. The number of rotatable bonds is 1. The summed E-state index contributed by atoms with van der Waals surface area (Å²) in [5.41, 5.74) is 0. The lowest BCUT2D eigenvalue weighted by Crippen LogP contribution is -2.11. The van der Waals surface area contributed by atoms with Crippen LogP contribution in [0.1, 0.15) is 28.6 Å². The van der Waals surface area contributed by atoms with E-state index in [4.69, 9.17) is 0 Å². The molecule has 1 aromatic rings. The standard InChI is InChI=1S/C9H12BrNS/c1-6-7(10)5-9(12-6)8-3-2-4-11-8/h5,8,11H,2-4H2,1H3. The van der Waals surface area contributed by atoms with Gasteiger partial charge in [-0.05, 0) is 48.3 Å². The van der Waals surface area contributed by atoms with Crippen LogP contribution in [0.3, 0.4) is 0 Å². The van der Waals surface area contributed by atoms with Gasteiger partial charge in [-0.2, -0.15) is 0 Å². The maximum absolute atomic E-state index is 3.55. The van der Waals surface area contributed by atoms with Gasteiger partial charge in [-0.1, -0.05) is 0 Å². The van der Waals surface area contributed by atoms with E-state index in [0.29, 0.717) is 6.04 Å². The van der Waals surface area contributed by atoms with Gasteiger partial charge in [0.15, 0.2) is 0 Å². The van der Waals surface area contributed by atoms with Crippen molar-refractivity contribution in [2.24, 2.45) is 0 Å². The van der Waals surface area contributed by atoms with Crippen LogP contribution in [0.2, 0.25) is 0 Å². The Balaban J connectivity index is 2.21. The van der Waals surface area contributed by atoms with E-state index in [0.717, 1.165) is 0 Å². The Labute approximate surface area is 85.3 Å². The Morgan fingerprint density at radius 1 is 1.67 bits per heavy atom. The second kappa shape index (κ2) is 3.48. The van der Waals surface area contributed by atoms with Gasteiger partial charge in [0.05, 0.1) is 0 Å². The van der Waals surface area contributed by atoms with Gasteiger partial charge >= 0.3 is 0 Å². The topological polar surface area (TPSA) is 12.0 Å². The van der Waals surface area contributed by atoms with Gasteiger partial charge in [0.25, 0.3) is 0 Å². The van der Waals surface area contributed by atoms with Gasteiger partial charge in [0.1, 0.15) is 0 Å². The first kappa shape index (κ1) is 8.73. The Morgan fingerprint density at radius 2 is 2.50 bits per heavy atom. The summed E-state index contributed by atoms with van der Waals surface area (Å²) in [4.78, 5) is 2.87. The average Bonchev–Trinajstić information content (AvgIpc) is 2.61. The zero-order valence-corrected chi connectivity index (χ0v) is 9.46. The van der Waals surface area contributed by atoms with Crippen molar-refractivity contribution in [2.45, 2.75) is 25.8 Å². The Kier molecular flexibility index (Phi) is 2.53. The molecule has 1 saturated heterocycles. The van der Waals surface area contributed by atoms with Crippen LogP contribution in [-0.4, -0.2) is 6.54 Å². The molecule has 1 N–H and O–H groups in total. The van der Waals surface area contributed by atoms with Gasteiger partial charge < -0.3 is 5.32 Å². The summed E-state index contributed by atoms with van der Waals surface area (Å²) < 4.78 is 1.26. The summed E-state index contributed by atoms with van der Waals surface area (Å²) in [7, 11) is 0. The van der Waals surface area contributed by atoms with Gasteiger partial charge in [0, 0.05) is 20.3 Å².